The highest BCUT2D eigenvalue weighted by Crippen LogP contribution is 2.19. The number of hydrogen-bond donors (Lipinski definition) is 1. The van der Waals surface area contributed by atoms with Gasteiger partial charge in [-0.25, -0.2) is 0 Å². The van der Waals surface area contributed by atoms with Crippen LogP contribution in [0.3, 0.4) is 0 Å². The SMILES string of the molecule is CCc1ccc(SC(=S)NC)cc1. The molecule has 0 aliphatic heterocycles. The van der Waals surface area contributed by atoms with Gasteiger partial charge < -0.3 is 5.32 Å². The van der Waals surface area contributed by atoms with Crippen LogP contribution in [-0.4, -0.2) is 11.4 Å². The first-order valence-corrected chi connectivity index (χ1v) is 5.47. The molecular weight excluding hydrogens is 198 g/mol. The van der Waals surface area contributed by atoms with Gasteiger partial charge in [0.25, 0.3) is 0 Å². The molecule has 1 N–H and O–H groups in total. The molecule has 0 amide bonds. The lowest BCUT2D eigenvalue weighted by Crippen LogP contribution is -2.10. The first-order valence-electron chi connectivity index (χ1n) is 4.24. The highest BCUT2D eigenvalue weighted by atomic mass is 32.2. The number of aryl methyl sites for hydroxylation is 1. The number of benzene rings is 1. The quantitative estimate of drug-likeness (QED) is 0.597. The molecule has 0 bridgehead atoms. The summed E-state index contributed by atoms with van der Waals surface area (Å²) in [5.41, 5.74) is 1.36. The third-order valence-electron chi connectivity index (χ3n) is 1.75. The number of thioether (sulfide) groups is 1. The zero-order valence-corrected chi connectivity index (χ0v) is 9.47. The topological polar surface area (TPSA) is 12.0 Å². The summed E-state index contributed by atoms with van der Waals surface area (Å²) in [5.74, 6) is 0. The van der Waals surface area contributed by atoms with Crippen LogP contribution in [0.1, 0.15) is 12.5 Å². The molecule has 0 atom stereocenters. The van der Waals surface area contributed by atoms with Crippen LogP contribution >= 0.6 is 24.0 Å². The summed E-state index contributed by atoms with van der Waals surface area (Å²) in [6.07, 6.45) is 1.08. The molecule has 70 valence electrons. The molecular formula is C10H13NS2. The molecule has 0 heterocycles. The Labute approximate surface area is 88.9 Å². The minimum Gasteiger partial charge on any atom is -0.374 e. The van der Waals surface area contributed by atoms with E-state index in [1.54, 1.807) is 11.8 Å². The van der Waals surface area contributed by atoms with Gasteiger partial charge in [0.1, 0.15) is 4.32 Å². The van der Waals surface area contributed by atoms with Crippen LogP contribution in [0.2, 0.25) is 0 Å². The normalized spacial score (nSPS) is 9.69. The van der Waals surface area contributed by atoms with Crippen molar-refractivity contribution in [2.75, 3.05) is 7.05 Å². The van der Waals surface area contributed by atoms with Crippen LogP contribution in [0.5, 0.6) is 0 Å². The van der Waals surface area contributed by atoms with Crippen molar-refractivity contribution in [1.29, 1.82) is 0 Å². The van der Waals surface area contributed by atoms with Gasteiger partial charge in [-0.05, 0) is 24.1 Å². The van der Waals surface area contributed by atoms with E-state index in [1.807, 2.05) is 7.05 Å². The lowest BCUT2D eigenvalue weighted by atomic mass is 10.2. The predicted molar refractivity (Wildman–Crippen MR) is 63.3 cm³/mol. The first kappa shape index (κ1) is 10.5. The molecule has 0 aromatic heterocycles. The van der Waals surface area contributed by atoms with E-state index in [1.165, 1.54) is 10.5 Å². The fraction of sp³-hybridized carbons (Fsp3) is 0.300. The van der Waals surface area contributed by atoms with E-state index in [-0.39, 0.29) is 0 Å². The van der Waals surface area contributed by atoms with Crippen molar-refractivity contribution < 1.29 is 0 Å². The van der Waals surface area contributed by atoms with Gasteiger partial charge >= 0.3 is 0 Å². The van der Waals surface area contributed by atoms with E-state index in [2.05, 4.69) is 36.5 Å². The second kappa shape index (κ2) is 5.25. The van der Waals surface area contributed by atoms with Crippen LogP contribution in [0.25, 0.3) is 0 Å². The number of thiocarbonyl (C=S) groups is 1. The van der Waals surface area contributed by atoms with Gasteiger partial charge in [-0.2, -0.15) is 0 Å². The van der Waals surface area contributed by atoms with Gasteiger partial charge in [0.15, 0.2) is 0 Å². The standard InChI is InChI=1S/C10H13NS2/c1-3-8-4-6-9(7-5-8)13-10(12)11-2/h4-7H,3H2,1-2H3,(H,11,12). The highest BCUT2D eigenvalue weighted by Gasteiger charge is 1.97. The maximum Gasteiger partial charge on any atom is 0.138 e. The van der Waals surface area contributed by atoms with Crippen LogP contribution in [0.15, 0.2) is 29.2 Å². The monoisotopic (exact) mass is 211 g/mol. The Morgan fingerprint density at radius 1 is 1.38 bits per heavy atom. The average Bonchev–Trinajstić information content (AvgIpc) is 2.19. The summed E-state index contributed by atoms with van der Waals surface area (Å²) in [7, 11) is 1.84. The number of rotatable bonds is 2. The molecule has 0 radical (unpaired) electrons. The third-order valence-corrected chi connectivity index (χ3v) is 3.10. The highest BCUT2D eigenvalue weighted by molar-refractivity contribution is 8.23. The van der Waals surface area contributed by atoms with E-state index in [9.17, 15) is 0 Å². The second-order valence-corrected chi connectivity index (χ2v) is 4.39. The Morgan fingerprint density at radius 2 is 2.00 bits per heavy atom. The fourth-order valence-electron chi connectivity index (χ4n) is 0.951. The van der Waals surface area contributed by atoms with E-state index in [0.29, 0.717) is 0 Å². The Kier molecular flexibility index (Phi) is 4.25. The molecule has 0 aliphatic carbocycles. The van der Waals surface area contributed by atoms with Crippen molar-refractivity contribution in [2.24, 2.45) is 0 Å². The smallest absolute Gasteiger partial charge is 0.138 e. The van der Waals surface area contributed by atoms with E-state index in [0.717, 1.165) is 10.7 Å². The zero-order chi connectivity index (χ0) is 9.68. The first-order chi connectivity index (χ1) is 6.26. The zero-order valence-electron chi connectivity index (χ0n) is 7.83. The molecule has 0 saturated heterocycles. The van der Waals surface area contributed by atoms with Gasteiger partial charge in [0.2, 0.25) is 0 Å². The lowest BCUT2D eigenvalue weighted by Gasteiger charge is -2.02. The Bertz CT molecular complexity index is 279. The van der Waals surface area contributed by atoms with Crippen LogP contribution in [0, 0.1) is 0 Å². The van der Waals surface area contributed by atoms with E-state index >= 15 is 0 Å². The minimum atomic E-state index is 0.809. The maximum atomic E-state index is 5.05. The van der Waals surface area contributed by atoms with Crippen molar-refractivity contribution in [3.05, 3.63) is 29.8 Å². The van der Waals surface area contributed by atoms with Gasteiger partial charge in [0, 0.05) is 11.9 Å². The largest absolute Gasteiger partial charge is 0.374 e. The fourth-order valence-corrected chi connectivity index (χ4v) is 1.83. The minimum absolute atomic E-state index is 0.809. The summed E-state index contributed by atoms with van der Waals surface area (Å²) in [6, 6.07) is 8.49. The van der Waals surface area contributed by atoms with Gasteiger partial charge in [0.05, 0.1) is 0 Å². The molecule has 0 unspecified atom stereocenters. The molecule has 0 spiro atoms. The van der Waals surface area contributed by atoms with Crippen molar-refractivity contribution in [3.63, 3.8) is 0 Å². The van der Waals surface area contributed by atoms with E-state index in [4.69, 9.17) is 12.2 Å². The van der Waals surface area contributed by atoms with E-state index < -0.39 is 0 Å². The molecule has 13 heavy (non-hydrogen) atoms. The Hall–Kier alpha value is -0.540. The van der Waals surface area contributed by atoms with Crippen molar-refractivity contribution in [1.82, 2.24) is 5.32 Å². The van der Waals surface area contributed by atoms with Crippen molar-refractivity contribution >= 4 is 28.3 Å². The number of nitrogens with one attached hydrogen (secondary N) is 1. The average molecular weight is 211 g/mol. The maximum absolute atomic E-state index is 5.05. The summed E-state index contributed by atoms with van der Waals surface area (Å²) in [5, 5.41) is 2.94. The van der Waals surface area contributed by atoms with Gasteiger partial charge in [-0.15, -0.1) is 0 Å². The molecule has 1 aromatic rings. The Balaban J connectivity index is 2.64. The summed E-state index contributed by atoms with van der Waals surface area (Å²) >= 11 is 6.63. The number of hydrogen-bond acceptors (Lipinski definition) is 2. The molecule has 1 aromatic carbocycles. The van der Waals surface area contributed by atoms with Gasteiger partial charge in [-0.3, -0.25) is 0 Å². The van der Waals surface area contributed by atoms with Crippen LogP contribution in [-0.2, 0) is 6.42 Å². The predicted octanol–water partition coefficient (Wildman–Crippen LogP) is 2.85. The summed E-state index contributed by atoms with van der Waals surface area (Å²) in [6.45, 7) is 2.15. The molecule has 0 saturated carbocycles. The molecule has 1 rings (SSSR count). The summed E-state index contributed by atoms with van der Waals surface area (Å²) < 4.78 is 0.809. The van der Waals surface area contributed by atoms with Crippen molar-refractivity contribution in [2.45, 2.75) is 18.2 Å². The molecule has 0 aliphatic rings. The Morgan fingerprint density at radius 3 is 2.46 bits per heavy atom. The summed E-state index contributed by atoms with van der Waals surface area (Å²) in [4.78, 5) is 1.19. The van der Waals surface area contributed by atoms with Crippen molar-refractivity contribution in [3.8, 4) is 0 Å². The van der Waals surface area contributed by atoms with Gasteiger partial charge in [-0.1, -0.05) is 43.0 Å². The lowest BCUT2D eigenvalue weighted by molar-refractivity contribution is 1.13. The third kappa shape index (κ3) is 3.36. The molecule has 3 heteroatoms. The molecule has 0 fully saturated rings. The van der Waals surface area contributed by atoms with Crippen LogP contribution in [0.4, 0.5) is 0 Å². The second-order valence-electron chi connectivity index (χ2n) is 2.64. The van der Waals surface area contributed by atoms with Crippen LogP contribution < -0.4 is 5.32 Å². The molecule has 1 nitrogen and oxygen atoms in total.